The Morgan fingerprint density at radius 1 is 1.14 bits per heavy atom. The molecule has 0 aliphatic heterocycles. The number of nitrogens with zero attached hydrogens (tertiary/aromatic N) is 5. The van der Waals surface area contributed by atoms with Crippen molar-refractivity contribution >= 4 is 0 Å². The molecule has 5 nitrogen and oxygen atoms in total. The average molecular weight is 287 g/mol. The summed E-state index contributed by atoms with van der Waals surface area (Å²) in [5.41, 5.74) is 2.13. The fourth-order valence-electron chi connectivity index (χ4n) is 1.94. The third kappa shape index (κ3) is 3.07. The molecular formula is C14H11F2N5. The highest BCUT2D eigenvalue weighted by molar-refractivity contribution is 5.35. The van der Waals surface area contributed by atoms with Crippen LogP contribution in [0, 0.1) is 0 Å². The number of hydrogen-bond donors (Lipinski definition) is 0. The number of rotatable bonds is 4. The summed E-state index contributed by atoms with van der Waals surface area (Å²) in [6, 6.07) is 6.06. The van der Waals surface area contributed by atoms with E-state index in [4.69, 9.17) is 0 Å². The first-order valence-corrected chi connectivity index (χ1v) is 6.26. The fraction of sp³-hybridized carbons (Fsp3) is 0.143. The minimum atomic E-state index is -2.51. The third-order valence-electron chi connectivity index (χ3n) is 2.93. The average Bonchev–Trinajstić information content (AvgIpc) is 2.97. The molecule has 7 heteroatoms. The van der Waals surface area contributed by atoms with Crippen molar-refractivity contribution in [3.63, 3.8) is 0 Å². The molecule has 0 spiro atoms. The lowest BCUT2D eigenvalue weighted by atomic mass is 10.2. The first-order valence-electron chi connectivity index (χ1n) is 6.26. The van der Waals surface area contributed by atoms with E-state index in [-0.39, 0.29) is 5.56 Å². The summed E-state index contributed by atoms with van der Waals surface area (Å²) in [5, 5.41) is 8.00. The molecule has 0 radical (unpaired) electrons. The fourth-order valence-corrected chi connectivity index (χ4v) is 1.94. The second-order valence-corrected chi connectivity index (χ2v) is 4.47. The van der Waals surface area contributed by atoms with Gasteiger partial charge in [-0.3, -0.25) is 0 Å². The van der Waals surface area contributed by atoms with E-state index >= 15 is 0 Å². The Hall–Kier alpha value is -2.70. The van der Waals surface area contributed by atoms with Gasteiger partial charge in [0.05, 0.1) is 17.6 Å². The standard InChI is InChI=1S/C14H11F2N5/c15-14(16)11-2-1-3-13(5-11)21-8-12(19-20-21)4-10-6-17-9-18-7-10/h1-3,5-9,14H,4H2. The maximum atomic E-state index is 12.7. The van der Waals surface area contributed by atoms with Gasteiger partial charge in [-0.2, -0.15) is 0 Å². The molecule has 1 aromatic carbocycles. The highest BCUT2D eigenvalue weighted by Crippen LogP contribution is 2.21. The lowest BCUT2D eigenvalue weighted by Gasteiger charge is -2.03. The van der Waals surface area contributed by atoms with Crippen molar-refractivity contribution in [2.45, 2.75) is 12.8 Å². The maximum Gasteiger partial charge on any atom is 0.263 e. The van der Waals surface area contributed by atoms with Crippen LogP contribution in [0.2, 0.25) is 0 Å². The predicted molar refractivity (Wildman–Crippen MR) is 71.2 cm³/mol. The lowest BCUT2D eigenvalue weighted by Crippen LogP contribution is -1.96. The summed E-state index contributed by atoms with van der Waals surface area (Å²) in [5.74, 6) is 0. The Kier molecular flexibility index (Phi) is 3.63. The highest BCUT2D eigenvalue weighted by Gasteiger charge is 2.09. The second kappa shape index (κ2) is 5.74. The van der Waals surface area contributed by atoms with Crippen LogP contribution >= 0.6 is 0 Å². The van der Waals surface area contributed by atoms with Crippen molar-refractivity contribution in [1.29, 1.82) is 0 Å². The van der Waals surface area contributed by atoms with E-state index in [1.165, 1.54) is 23.1 Å². The van der Waals surface area contributed by atoms with E-state index in [1.54, 1.807) is 30.7 Å². The molecule has 3 aromatic rings. The molecule has 0 aliphatic rings. The second-order valence-electron chi connectivity index (χ2n) is 4.47. The van der Waals surface area contributed by atoms with Gasteiger partial charge in [0.25, 0.3) is 6.43 Å². The Morgan fingerprint density at radius 2 is 1.95 bits per heavy atom. The molecule has 0 unspecified atom stereocenters. The molecule has 0 amide bonds. The Morgan fingerprint density at radius 3 is 2.71 bits per heavy atom. The van der Waals surface area contributed by atoms with Gasteiger partial charge < -0.3 is 0 Å². The zero-order chi connectivity index (χ0) is 14.7. The molecule has 0 aliphatic carbocycles. The Labute approximate surface area is 119 Å². The smallest absolute Gasteiger partial charge is 0.245 e. The van der Waals surface area contributed by atoms with Crippen LogP contribution in [0.1, 0.15) is 23.2 Å². The van der Waals surface area contributed by atoms with Crippen LogP contribution in [0.15, 0.2) is 49.2 Å². The van der Waals surface area contributed by atoms with E-state index in [1.807, 2.05) is 0 Å². The van der Waals surface area contributed by atoms with E-state index in [0.717, 1.165) is 5.56 Å². The Bertz CT molecular complexity index is 727. The van der Waals surface area contributed by atoms with E-state index in [0.29, 0.717) is 17.8 Å². The molecule has 0 saturated carbocycles. The van der Waals surface area contributed by atoms with Crippen molar-refractivity contribution in [2.24, 2.45) is 0 Å². The molecule has 2 heterocycles. The lowest BCUT2D eigenvalue weighted by molar-refractivity contribution is 0.151. The van der Waals surface area contributed by atoms with Crippen LogP contribution in [-0.2, 0) is 6.42 Å². The van der Waals surface area contributed by atoms with Crippen molar-refractivity contribution < 1.29 is 8.78 Å². The molecule has 0 fully saturated rings. The van der Waals surface area contributed by atoms with Gasteiger partial charge in [0.2, 0.25) is 0 Å². The van der Waals surface area contributed by atoms with Crippen LogP contribution < -0.4 is 0 Å². The summed E-state index contributed by atoms with van der Waals surface area (Å²) in [6.07, 6.45) is 4.59. The van der Waals surface area contributed by atoms with E-state index in [9.17, 15) is 8.78 Å². The molecule has 106 valence electrons. The molecule has 21 heavy (non-hydrogen) atoms. The summed E-state index contributed by atoms with van der Waals surface area (Å²) in [6.45, 7) is 0. The zero-order valence-electron chi connectivity index (χ0n) is 10.9. The normalized spacial score (nSPS) is 11.0. The van der Waals surface area contributed by atoms with Gasteiger partial charge in [-0.15, -0.1) is 5.10 Å². The number of hydrogen-bond acceptors (Lipinski definition) is 4. The monoisotopic (exact) mass is 287 g/mol. The summed E-state index contributed by atoms with van der Waals surface area (Å²) in [4.78, 5) is 7.85. The molecule has 0 atom stereocenters. The van der Waals surface area contributed by atoms with Gasteiger partial charge in [-0.25, -0.2) is 23.4 Å². The number of aromatic nitrogens is 5. The van der Waals surface area contributed by atoms with Crippen molar-refractivity contribution in [3.8, 4) is 5.69 Å². The van der Waals surface area contributed by atoms with Gasteiger partial charge in [0.1, 0.15) is 6.33 Å². The number of halogens is 2. The first kappa shape index (κ1) is 13.3. The van der Waals surface area contributed by atoms with Crippen LogP contribution in [0.4, 0.5) is 8.78 Å². The van der Waals surface area contributed by atoms with Crippen molar-refractivity contribution in [3.05, 3.63) is 66.0 Å². The molecule has 3 rings (SSSR count). The van der Waals surface area contributed by atoms with Crippen molar-refractivity contribution in [2.75, 3.05) is 0 Å². The number of alkyl halides is 2. The summed E-state index contributed by atoms with van der Waals surface area (Å²) in [7, 11) is 0. The van der Waals surface area contributed by atoms with E-state index < -0.39 is 6.43 Å². The quantitative estimate of drug-likeness (QED) is 0.740. The molecule has 0 saturated heterocycles. The van der Waals surface area contributed by atoms with Gasteiger partial charge in [-0.05, 0) is 17.7 Å². The molecular weight excluding hydrogens is 276 g/mol. The third-order valence-corrected chi connectivity index (χ3v) is 2.93. The van der Waals surface area contributed by atoms with Gasteiger partial charge >= 0.3 is 0 Å². The zero-order valence-corrected chi connectivity index (χ0v) is 10.9. The van der Waals surface area contributed by atoms with Gasteiger partial charge in [-0.1, -0.05) is 17.3 Å². The first-order chi connectivity index (χ1) is 10.2. The molecule has 0 N–H and O–H groups in total. The molecule has 0 bridgehead atoms. The predicted octanol–water partition coefficient (Wildman–Crippen LogP) is 2.59. The van der Waals surface area contributed by atoms with Crippen molar-refractivity contribution in [1.82, 2.24) is 25.0 Å². The minimum absolute atomic E-state index is 0.0407. The van der Waals surface area contributed by atoms with Crippen LogP contribution in [0.25, 0.3) is 5.69 Å². The van der Waals surface area contributed by atoms with Crippen LogP contribution in [0.3, 0.4) is 0 Å². The summed E-state index contributed by atoms with van der Waals surface area (Å²) >= 11 is 0. The SMILES string of the molecule is FC(F)c1cccc(-n2cc(Cc3cncnc3)nn2)c1. The number of benzene rings is 1. The maximum absolute atomic E-state index is 12.7. The van der Waals surface area contributed by atoms with Gasteiger partial charge in [0.15, 0.2) is 0 Å². The van der Waals surface area contributed by atoms with Crippen LogP contribution in [0.5, 0.6) is 0 Å². The summed E-state index contributed by atoms with van der Waals surface area (Å²) < 4.78 is 26.9. The molecule has 2 aromatic heterocycles. The van der Waals surface area contributed by atoms with Gasteiger partial charge in [0, 0.05) is 24.4 Å². The highest BCUT2D eigenvalue weighted by atomic mass is 19.3. The minimum Gasteiger partial charge on any atom is -0.245 e. The van der Waals surface area contributed by atoms with Crippen LogP contribution in [-0.4, -0.2) is 25.0 Å². The van der Waals surface area contributed by atoms with E-state index in [2.05, 4.69) is 20.3 Å². The largest absolute Gasteiger partial charge is 0.263 e. The Balaban J connectivity index is 1.83. The topological polar surface area (TPSA) is 56.5 Å².